The number of ether oxygens (including phenoxy) is 2. The molecule has 1 heterocycles. The van der Waals surface area contributed by atoms with Gasteiger partial charge in [-0.15, -0.1) is 0 Å². The Morgan fingerprint density at radius 1 is 1.16 bits per heavy atom. The van der Waals surface area contributed by atoms with Crippen LogP contribution in [-0.2, 0) is 9.47 Å². The molecule has 0 saturated carbocycles. The van der Waals surface area contributed by atoms with Gasteiger partial charge in [0.05, 0.1) is 23.9 Å². The molecule has 1 aliphatic heterocycles. The first-order chi connectivity index (χ1) is 8.49. The van der Waals surface area contributed by atoms with Crippen molar-refractivity contribution < 1.29 is 9.47 Å². The average molecular weight is 270 g/mol. The van der Waals surface area contributed by atoms with Crippen LogP contribution in [0.25, 0.3) is 0 Å². The lowest BCUT2D eigenvalue weighted by molar-refractivity contribution is -0.182. The maximum atomic E-state index is 6.51. The molecule has 0 aromatic heterocycles. The van der Waals surface area contributed by atoms with Gasteiger partial charge in [0.15, 0.2) is 0 Å². The Morgan fingerprint density at radius 2 is 1.68 bits per heavy atom. The summed E-state index contributed by atoms with van der Waals surface area (Å²) in [6.07, 6.45) is 3.85. The van der Waals surface area contributed by atoms with E-state index in [1.165, 1.54) is 12.8 Å². The van der Waals surface area contributed by atoms with Gasteiger partial charge in [0.25, 0.3) is 0 Å². The second kappa shape index (κ2) is 5.73. The quantitative estimate of drug-likeness (QED) is 0.590. The summed E-state index contributed by atoms with van der Waals surface area (Å²) in [5.41, 5.74) is -0.0731. The van der Waals surface area contributed by atoms with E-state index in [1.54, 1.807) is 0 Å². The Bertz CT molecular complexity index is 288. The van der Waals surface area contributed by atoms with Gasteiger partial charge in [0.1, 0.15) is 0 Å². The van der Waals surface area contributed by atoms with Crippen molar-refractivity contribution in [1.82, 2.24) is 0 Å². The fourth-order valence-electron chi connectivity index (χ4n) is 2.87. The highest BCUT2D eigenvalue weighted by Gasteiger charge is 2.43. The first-order valence-corrected chi connectivity index (χ1v) is 7.81. The zero-order valence-electron chi connectivity index (χ0n) is 14.3. The molecule has 1 aliphatic rings. The van der Waals surface area contributed by atoms with E-state index in [2.05, 4.69) is 55.4 Å². The monoisotopic (exact) mass is 270 g/mol. The molecular weight excluding hydrogens is 236 g/mol. The van der Waals surface area contributed by atoms with Gasteiger partial charge >= 0.3 is 0 Å². The topological polar surface area (TPSA) is 21.8 Å². The van der Waals surface area contributed by atoms with E-state index < -0.39 is 0 Å². The van der Waals surface area contributed by atoms with Gasteiger partial charge in [-0.1, -0.05) is 34.1 Å². The molecule has 1 rings (SSSR count). The smallest absolute Gasteiger partial charge is 0.0837 e. The van der Waals surface area contributed by atoms with Crippen LogP contribution in [0.4, 0.5) is 0 Å². The van der Waals surface area contributed by atoms with E-state index in [0.29, 0.717) is 6.10 Å². The average Bonchev–Trinajstić information content (AvgIpc) is 2.97. The molecule has 0 bridgehead atoms. The Hall–Kier alpha value is -0.0800. The molecule has 2 nitrogen and oxygen atoms in total. The minimum atomic E-state index is -0.130. The molecule has 0 spiro atoms. The summed E-state index contributed by atoms with van der Waals surface area (Å²) in [7, 11) is 0. The zero-order chi connectivity index (χ0) is 14.9. The van der Waals surface area contributed by atoms with Gasteiger partial charge in [-0.3, -0.25) is 0 Å². The number of epoxide rings is 1. The fraction of sp³-hybridized carbons (Fsp3) is 1.00. The van der Waals surface area contributed by atoms with Gasteiger partial charge in [0.2, 0.25) is 0 Å². The summed E-state index contributed by atoms with van der Waals surface area (Å²) in [5, 5.41) is 0. The molecule has 1 saturated heterocycles. The molecule has 0 aliphatic carbocycles. The van der Waals surface area contributed by atoms with Crippen LogP contribution >= 0.6 is 0 Å². The largest absolute Gasteiger partial charge is 0.373 e. The molecular formula is C17H34O2. The van der Waals surface area contributed by atoms with E-state index >= 15 is 0 Å². The van der Waals surface area contributed by atoms with Gasteiger partial charge in [0, 0.05) is 6.42 Å². The van der Waals surface area contributed by atoms with Gasteiger partial charge in [-0.05, 0) is 45.4 Å². The molecule has 0 N–H and O–H groups in total. The predicted molar refractivity (Wildman–Crippen MR) is 81.5 cm³/mol. The second-order valence-corrected chi connectivity index (χ2v) is 8.13. The third-order valence-corrected chi connectivity index (χ3v) is 4.84. The zero-order valence-corrected chi connectivity index (χ0v) is 14.3. The second-order valence-electron chi connectivity index (χ2n) is 8.13. The lowest BCUT2D eigenvalue weighted by atomic mass is 9.70. The highest BCUT2D eigenvalue weighted by molar-refractivity contribution is 4.92. The van der Waals surface area contributed by atoms with Crippen molar-refractivity contribution in [3.63, 3.8) is 0 Å². The van der Waals surface area contributed by atoms with Crippen LogP contribution < -0.4 is 0 Å². The van der Waals surface area contributed by atoms with Crippen LogP contribution in [0.15, 0.2) is 0 Å². The molecule has 2 atom stereocenters. The Kier molecular flexibility index (Phi) is 5.12. The first kappa shape index (κ1) is 17.0. The third-order valence-electron chi connectivity index (χ3n) is 4.84. The third kappa shape index (κ3) is 5.07. The molecule has 0 aromatic rings. The summed E-state index contributed by atoms with van der Waals surface area (Å²) >= 11 is 0. The Morgan fingerprint density at radius 3 is 2.11 bits per heavy atom. The SMILES string of the molecule is CCC(C)CC(C)(C)C(C)(C)OC(C)(C)CC1CO1. The molecule has 2 heteroatoms. The van der Waals surface area contributed by atoms with Crippen molar-refractivity contribution in [2.45, 2.75) is 92.0 Å². The molecule has 0 radical (unpaired) electrons. The number of rotatable bonds is 8. The minimum absolute atomic E-state index is 0.114. The van der Waals surface area contributed by atoms with Gasteiger partial charge < -0.3 is 9.47 Å². The summed E-state index contributed by atoms with van der Waals surface area (Å²) < 4.78 is 11.9. The lowest BCUT2D eigenvalue weighted by Crippen LogP contribution is -2.48. The highest BCUT2D eigenvalue weighted by Crippen LogP contribution is 2.43. The van der Waals surface area contributed by atoms with E-state index in [1.807, 2.05) is 0 Å². The fourth-order valence-corrected chi connectivity index (χ4v) is 2.87. The Labute approximate surface area is 120 Å². The Balaban J connectivity index is 2.65. The maximum Gasteiger partial charge on any atom is 0.0837 e. The van der Waals surface area contributed by atoms with Crippen LogP contribution in [0.5, 0.6) is 0 Å². The van der Waals surface area contributed by atoms with E-state index in [9.17, 15) is 0 Å². The molecule has 19 heavy (non-hydrogen) atoms. The van der Waals surface area contributed by atoms with Crippen LogP contribution in [0.3, 0.4) is 0 Å². The van der Waals surface area contributed by atoms with E-state index in [-0.39, 0.29) is 16.6 Å². The molecule has 114 valence electrons. The summed E-state index contributed by atoms with van der Waals surface area (Å²) in [6, 6.07) is 0. The van der Waals surface area contributed by atoms with Crippen LogP contribution in [0.2, 0.25) is 0 Å². The van der Waals surface area contributed by atoms with E-state index in [0.717, 1.165) is 18.9 Å². The van der Waals surface area contributed by atoms with Gasteiger partial charge in [-0.2, -0.15) is 0 Å². The van der Waals surface area contributed by atoms with Crippen LogP contribution in [0, 0.1) is 11.3 Å². The molecule has 2 unspecified atom stereocenters. The van der Waals surface area contributed by atoms with Crippen molar-refractivity contribution in [1.29, 1.82) is 0 Å². The summed E-state index contributed by atoms with van der Waals surface area (Å²) in [5.74, 6) is 0.743. The summed E-state index contributed by atoms with van der Waals surface area (Å²) in [6.45, 7) is 19.0. The minimum Gasteiger partial charge on any atom is -0.373 e. The van der Waals surface area contributed by atoms with Crippen molar-refractivity contribution in [2.24, 2.45) is 11.3 Å². The number of hydrogen-bond acceptors (Lipinski definition) is 2. The standard InChI is InChI=1S/C17H34O2/c1-9-13(2)10-15(3,4)17(7,8)19-16(5,6)11-14-12-18-14/h13-14H,9-12H2,1-8H3. The molecule has 0 amide bonds. The lowest BCUT2D eigenvalue weighted by Gasteiger charge is -2.47. The number of hydrogen-bond donors (Lipinski definition) is 0. The maximum absolute atomic E-state index is 6.51. The van der Waals surface area contributed by atoms with Crippen molar-refractivity contribution in [2.75, 3.05) is 6.61 Å². The van der Waals surface area contributed by atoms with Crippen molar-refractivity contribution in [3.05, 3.63) is 0 Å². The highest BCUT2D eigenvalue weighted by atomic mass is 16.6. The van der Waals surface area contributed by atoms with Crippen LogP contribution in [0.1, 0.15) is 74.7 Å². The molecule has 0 aromatic carbocycles. The van der Waals surface area contributed by atoms with Crippen LogP contribution in [-0.4, -0.2) is 23.9 Å². The normalized spacial score (nSPS) is 22.4. The van der Waals surface area contributed by atoms with E-state index in [4.69, 9.17) is 9.47 Å². The molecule has 1 fully saturated rings. The first-order valence-electron chi connectivity index (χ1n) is 7.81. The van der Waals surface area contributed by atoms with Gasteiger partial charge in [-0.25, -0.2) is 0 Å². The van der Waals surface area contributed by atoms with Crippen molar-refractivity contribution >= 4 is 0 Å². The summed E-state index contributed by atoms with van der Waals surface area (Å²) in [4.78, 5) is 0. The predicted octanol–water partition coefficient (Wildman–Crippen LogP) is 4.81. The van der Waals surface area contributed by atoms with Crippen molar-refractivity contribution in [3.8, 4) is 0 Å².